The lowest BCUT2D eigenvalue weighted by Gasteiger charge is -2.21. The number of benzene rings is 2. The molecule has 0 fully saturated rings. The summed E-state index contributed by atoms with van der Waals surface area (Å²) in [6, 6.07) is 16.3. The van der Waals surface area contributed by atoms with E-state index in [0.717, 1.165) is 6.42 Å². The molecule has 3 rings (SSSR count). The zero-order valence-electron chi connectivity index (χ0n) is 21.0. The number of alkyl carbamates (subject to hydrolysis) is 1. The van der Waals surface area contributed by atoms with Crippen molar-refractivity contribution in [2.75, 3.05) is 13.2 Å². The van der Waals surface area contributed by atoms with Gasteiger partial charge in [-0.3, -0.25) is 9.59 Å². The van der Waals surface area contributed by atoms with Gasteiger partial charge < -0.3 is 20.5 Å². The van der Waals surface area contributed by atoms with E-state index in [1.54, 1.807) is 13.8 Å². The Bertz CT molecular complexity index is 1020. The van der Waals surface area contributed by atoms with E-state index >= 15 is 0 Å². The minimum atomic E-state index is -1.00. The van der Waals surface area contributed by atoms with E-state index in [1.807, 2.05) is 38.1 Å². The Morgan fingerprint density at radius 3 is 2.11 bits per heavy atom. The van der Waals surface area contributed by atoms with Crippen LogP contribution in [0.1, 0.15) is 64.0 Å². The molecule has 2 atom stereocenters. The first-order chi connectivity index (χ1) is 16.6. The van der Waals surface area contributed by atoms with Crippen LogP contribution in [0.25, 0.3) is 11.1 Å². The van der Waals surface area contributed by atoms with Crippen molar-refractivity contribution < 1.29 is 24.2 Å². The van der Waals surface area contributed by atoms with E-state index in [9.17, 15) is 14.4 Å². The summed E-state index contributed by atoms with van der Waals surface area (Å²) in [4.78, 5) is 35.9. The van der Waals surface area contributed by atoms with Crippen molar-refractivity contribution in [3.63, 3.8) is 0 Å². The molecule has 3 N–H and O–H groups in total. The Kier molecular flexibility index (Phi) is 8.54. The quantitative estimate of drug-likeness (QED) is 0.422. The molecule has 0 spiro atoms. The molecule has 0 saturated carbocycles. The van der Waals surface area contributed by atoms with Crippen LogP contribution < -0.4 is 10.6 Å². The number of aliphatic carboxylic acids is 1. The third kappa shape index (κ3) is 6.62. The number of carbonyl (C=O) groups excluding carboxylic acids is 2. The predicted octanol–water partition coefficient (Wildman–Crippen LogP) is 4.95. The number of ether oxygens (including phenoxy) is 1. The Morgan fingerprint density at radius 2 is 1.54 bits per heavy atom. The number of rotatable bonds is 11. The Morgan fingerprint density at radius 1 is 0.971 bits per heavy atom. The zero-order chi connectivity index (χ0) is 25.6. The molecule has 2 aromatic carbocycles. The van der Waals surface area contributed by atoms with Crippen LogP contribution in [0.3, 0.4) is 0 Å². The molecule has 0 radical (unpaired) electrons. The smallest absolute Gasteiger partial charge is 0.407 e. The van der Waals surface area contributed by atoms with Crippen molar-refractivity contribution in [1.82, 2.24) is 10.6 Å². The van der Waals surface area contributed by atoms with Gasteiger partial charge in [0.2, 0.25) is 5.91 Å². The van der Waals surface area contributed by atoms with Gasteiger partial charge in [-0.1, -0.05) is 61.9 Å². The molecule has 0 aromatic heterocycles. The van der Waals surface area contributed by atoms with Crippen LogP contribution in [0.5, 0.6) is 0 Å². The molecule has 7 nitrogen and oxygen atoms in total. The second-order valence-corrected chi connectivity index (χ2v) is 10.1. The third-order valence-electron chi connectivity index (χ3n) is 6.71. The fourth-order valence-corrected chi connectivity index (χ4v) is 4.33. The van der Waals surface area contributed by atoms with Gasteiger partial charge in [0.15, 0.2) is 0 Å². The third-order valence-corrected chi connectivity index (χ3v) is 6.71. The molecule has 0 saturated heterocycles. The molecular weight excluding hydrogens is 444 g/mol. The Hall–Kier alpha value is -3.35. The normalized spacial score (nSPS) is 14.4. The maximum absolute atomic E-state index is 12.4. The van der Waals surface area contributed by atoms with E-state index in [0.29, 0.717) is 12.8 Å². The lowest BCUT2D eigenvalue weighted by atomic mass is 9.93. The maximum atomic E-state index is 12.4. The van der Waals surface area contributed by atoms with Crippen LogP contribution in [0, 0.1) is 11.3 Å². The van der Waals surface area contributed by atoms with Crippen LogP contribution >= 0.6 is 0 Å². The van der Waals surface area contributed by atoms with Crippen LogP contribution in [-0.2, 0) is 14.3 Å². The number of hydrogen-bond acceptors (Lipinski definition) is 4. The first-order valence-electron chi connectivity index (χ1n) is 12.2. The molecule has 2 unspecified atom stereocenters. The summed E-state index contributed by atoms with van der Waals surface area (Å²) in [6.07, 6.45) is 1.67. The summed E-state index contributed by atoms with van der Waals surface area (Å²) in [7, 11) is 0. The largest absolute Gasteiger partial charge is 0.481 e. The lowest BCUT2D eigenvalue weighted by molar-refractivity contribution is -0.146. The van der Waals surface area contributed by atoms with Gasteiger partial charge in [-0.25, -0.2) is 4.79 Å². The highest BCUT2D eigenvalue weighted by molar-refractivity contribution is 5.80. The molecule has 35 heavy (non-hydrogen) atoms. The zero-order valence-corrected chi connectivity index (χ0v) is 21.0. The molecule has 1 aliphatic carbocycles. The van der Waals surface area contributed by atoms with Crippen LogP contribution in [0.4, 0.5) is 4.79 Å². The average Bonchev–Trinajstić information content (AvgIpc) is 3.14. The minimum absolute atomic E-state index is 0.0222. The molecular formula is C28H36N2O5. The monoisotopic (exact) mass is 480 g/mol. The topological polar surface area (TPSA) is 105 Å². The SMILES string of the molecule is CC(CCCC(C)C(=O)NCC(C)(C)C(=O)O)NC(=O)OCC1c2ccccc2-c2ccccc21. The van der Waals surface area contributed by atoms with Crippen molar-refractivity contribution >= 4 is 18.0 Å². The van der Waals surface area contributed by atoms with E-state index in [1.165, 1.54) is 22.3 Å². The highest BCUT2D eigenvalue weighted by Crippen LogP contribution is 2.44. The lowest BCUT2D eigenvalue weighted by Crippen LogP contribution is -2.40. The second-order valence-electron chi connectivity index (χ2n) is 10.1. The second kappa shape index (κ2) is 11.4. The number of carboxylic acid groups (broad SMARTS) is 1. The van der Waals surface area contributed by atoms with Crippen LogP contribution in [0.15, 0.2) is 48.5 Å². The number of hydrogen-bond donors (Lipinski definition) is 3. The van der Waals surface area contributed by atoms with Crippen molar-refractivity contribution in [2.45, 2.75) is 58.9 Å². The van der Waals surface area contributed by atoms with E-state index in [2.05, 4.69) is 34.9 Å². The number of carboxylic acids is 1. The molecule has 0 bridgehead atoms. The van der Waals surface area contributed by atoms with Gasteiger partial charge in [0, 0.05) is 24.4 Å². The number of carbonyl (C=O) groups is 3. The standard InChI is InChI=1S/C28H36N2O5/c1-18(25(31)29-17-28(3,4)26(32)33)10-9-11-19(2)30-27(34)35-16-24-22-14-7-5-12-20(22)21-13-6-8-15-23(21)24/h5-8,12-15,18-19,24H,9-11,16-17H2,1-4H3,(H,29,31)(H,30,34)(H,32,33). The van der Waals surface area contributed by atoms with Gasteiger partial charge in [0.25, 0.3) is 0 Å². The average molecular weight is 481 g/mol. The molecule has 0 heterocycles. The summed E-state index contributed by atoms with van der Waals surface area (Å²) in [5.41, 5.74) is 3.73. The summed E-state index contributed by atoms with van der Waals surface area (Å²) in [5.74, 6) is -1.31. The Balaban J connectivity index is 1.40. The first kappa shape index (κ1) is 26.3. The fraction of sp³-hybridized carbons (Fsp3) is 0.464. The number of nitrogens with one attached hydrogen (secondary N) is 2. The van der Waals surface area contributed by atoms with Gasteiger partial charge in [-0.15, -0.1) is 0 Å². The number of fused-ring (bicyclic) bond motifs is 3. The highest BCUT2D eigenvalue weighted by atomic mass is 16.5. The predicted molar refractivity (Wildman–Crippen MR) is 135 cm³/mol. The maximum Gasteiger partial charge on any atom is 0.407 e. The molecule has 1 aliphatic rings. The molecule has 7 heteroatoms. The molecule has 0 aliphatic heterocycles. The van der Waals surface area contributed by atoms with Crippen molar-refractivity contribution in [1.29, 1.82) is 0 Å². The summed E-state index contributed by atoms with van der Waals surface area (Å²) < 4.78 is 5.60. The summed E-state index contributed by atoms with van der Waals surface area (Å²) in [6.45, 7) is 7.27. The van der Waals surface area contributed by atoms with E-state index < -0.39 is 17.5 Å². The van der Waals surface area contributed by atoms with Gasteiger partial charge in [0.05, 0.1) is 5.41 Å². The molecule has 188 valence electrons. The van der Waals surface area contributed by atoms with Crippen LogP contribution in [-0.4, -0.2) is 42.3 Å². The van der Waals surface area contributed by atoms with Crippen molar-refractivity contribution in [2.24, 2.45) is 11.3 Å². The highest BCUT2D eigenvalue weighted by Gasteiger charge is 2.30. The molecule has 2 aromatic rings. The van der Waals surface area contributed by atoms with Crippen molar-refractivity contribution in [3.8, 4) is 11.1 Å². The fourth-order valence-electron chi connectivity index (χ4n) is 4.33. The van der Waals surface area contributed by atoms with Gasteiger partial charge in [-0.2, -0.15) is 0 Å². The summed E-state index contributed by atoms with van der Waals surface area (Å²) >= 11 is 0. The van der Waals surface area contributed by atoms with Gasteiger partial charge in [-0.05, 0) is 55.9 Å². The minimum Gasteiger partial charge on any atom is -0.481 e. The number of amides is 2. The van der Waals surface area contributed by atoms with Gasteiger partial charge >= 0.3 is 12.1 Å². The van der Waals surface area contributed by atoms with Crippen LogP contribution in [0.2, 0.25) is 0 Å². The molecule has 2 amide bonds. The first-order valence-corrected chi connectivity index (χ1v) is 12.2. The summed E-state index contributed by atoms with van der Waals surface area (Å²) in [5, 5.41) is 14.8. The van der Waals surface area contributed by atoms with E-state index in [4.69, 9.17) is 9.84 Å². The van der Waals surface area contributed by atoms with Crippen molar-refractivity contribution in [3.05, 3.63) is 59.7 Å². The Labute approximate surface area is 207 Å². The van der Waals surface area contributed by atoms with E-state index in [-0.39, 0.29) is 36.9 Å². The van der Waals surface area contributed by atoms with Gasteiger partial charge in [0.1, 0.15) is 6.61 Å².